The van der Waals surface area contributed by atoms with Crippen LogP contribution in [0.5, 0.6) is 0 Å². The standard InChI is InChI=1S/C16H27F3O6S/c1-9(2)14(3,4)22-8-10-7-11(25-26(20,21)16(17,18)19)13-12(10)23-15(5,6)24-13/h9-13H,7-8H2,1-6H3/t10-,11+,12-,13+/m1/s1. The fourth-order valence-corrected chi connectivity index (χ4v) is 3.62. The molecular weight excluding hydrogens is 377 g/mol. The Bertz CT molecular complexity index is 614. The van der Waals surface area contributed by atoms with Gasteiger partial charge in [-0.2, -0.15) is 21.6 Å². The van der Waals surface area contributed by atoms with Crippen LogP contribution in [-0.2, 0) is 28.5 Å². The van der Waals surface area contributed by atoms with E-state index in [-0.39, 0.29) is 24.9 Å². The first kappa shape index (κ1) is 21.9. The lowest BCUT2D eigenvalue weighted by molar-refractivity contribution is -0.171. The van der Waals surface area contributed by atoms with Crippen molar-refractivity contribution >= 4 is 10.1 Å². The molecule has 0 amide bonds. The molecule has 0 bridgehead atoms. The molecule has 154 valence electrons. The Morgan fingerprint density at radius 2 is 1.69 bits per heavy atom. The number of halogens is 3. The molecule has 1 aliphatic carbocycles. The number of hydrogen-bond donors (Lipinski definition) is 0. The Morgan fingerprint density at radius 1 is 1.15 bits per heavy atom. The highest BCUT2D eigenvalue weighted by atomic mass is 32.2. The van der Waals surface area contributed by atoms with Gasteiger partial charge in [-0.1, -0.05) is 13.8 Å². The van der Waals surface area contributed by atoms with Gasteiger partial charge in [-0.15, -0.1) is 0 Å². The van der Waals surface area contributed by atoms with E-state index in [1.807, 2.05) is 27.7 Å². The predicted octanol–water partition coefficient (Wildman–Crippen LogP) is 3.21. The monoisotopic (exact) mass is 404 g/mol. The lowest BCUT2D eigenvalue weighted by Crippen LogP contribution is -2.36. The molecule has 0 unspecified atom stereocenters. The summed E-state index contributed by atoms with van der Waals surface area (Å²) in [5, 5.41) is 0. The zero-order chi connectivity index (χ0) is 20.1. The second kappa shape index (κ2) is 6.88. The SMILES string of the molecule is CC(C)C(C)(C)OC[C@H]1C[C@H](OS(=O)(=O)C(F)(F)F)[C@@H]2OC(C)(C)O[C@H]12. The molecule has 0 aromatic heterocycles. The summed E-state index contributed by atoms with van der Waals surface area (Å²) < 4.78 is 82.6. The van der Waals surface area contributed by atoms with Gasteiger partial charge in [-0.3, -0.25) is 4.18 Å². The fraction of sp³-hybridized carbons (Fsp3) is 1.00. The van der Waals surface area contributed by atoms with Crippen molar-refractivity contribution in [3.05, 3.63) is 0 Å². The van der Waals surface area contributed by atoms with Gasteiger partial charge in [0.25, 0.3) is 0 Å². The number of fused-ring (bicyclic) bond motifs is 1. The van der Waals surface area contributed by atoms with E-state index >= 15 is 0 Å². The molecule has 0 aromatic rings. The Morgan fingerprint density at radius 3 is 2.19 bits per heavy atom. The minimum atomic E-state index is -5.71. The second-order valence-corrected chi connectivity index (χ2v) is 9.73. The molecule has 2 fully saturated rings. The van der Waals surface area contributed by atoms with Gasteiger partial charge in [0.05, 0.1) is 18.3 Å². The third-order valence-corrected chi connectivity index (χ3v) is 6.19. The van der Waals surface area contributed by atoms with Gasteiger partial charge in [0, 0.05) is 5.92 Å². The fourth-order valence-electron chi connectivity index (χ4n) is 3.00. The first-order chi connectivity index (χ1) is 11.6. The first-order valence-corrected chi connectivity index (χ1v) is 9.96. The highest BCUT2D eigenvalue weighted by molar-refractivity contribution is 7.87. The summed E-state index contributed by atoms with van der Waals surface area (Å²) in [5.74, 6) is -1.16. The molecule has 0 spiro atoms. The van der Waals surface area contributed by atoms with Crippen molar-refractivity contribution in [1.29, 1.82) is 0 Å². The van der Waals surface area contributed by atoms with Crippen molar-refractivity contribution in [1.82, 2.24) is 0 Å². The minimum Gasteiger partial charge on any atom is -0.375 e. The normalized spacial score (nSPS) is 32.2. The number of ether oxygens (including phenoxy) is 3. The third-order valence-electron chi connectivity index (χ3n) is 5.12. The number of rotatable bonds is 6. The molecule has 2 rings (SSSR count). The second-order valence-electron chi connectivity index (χ2n) is 8.16. The van der Waals surface area contributed by atoms with Crippen LogP contribution in [0.2, 0.25) is 0 Å². The van der Waals surface area contributed by atoms with E-state index in [0.717, 1.165) is 0 Å². The van der Waals surface area contributed by atoms with Crippen LogP contribution in [0.1, 0.15) is 48.0 Å². The molecule has 1 heterocycles. The Hall–Kier alpha value is -0.420. The van der Waals surface area contributed by atoms with E-state index in [1.165, 1.54) is 0 Å². The molecule has 6 nitrogen and oxygen atoms in total. The Kier molecular flexibility index (Phi) is 5.79. The third kappa shape index (κ3) is 4.52. The first-order valence-electron chi connectivity index (χ1n) is 8.55. The molecule has 26 heavy (non-hydrogen) atoms. The number of alkyl halides is 3. The van der Waals surface area contributed by atoms with Crippen molar-refractivity contribution in [2.75, 3.05) is 6.61 Å². The van der Waals surface area contributed by atoms with E-state index in [4.69, 9.17) is 14.2 Å². The molecule has 4 atom stereocenters. The smallest absolute Gasteiger partial charge is 0.375 e. The van der Waals surface area contributed by atoms with Gasteiger partial charge in [-0.05, 0) is 40.0 Å². The molecule has 1 saturated carbocycles. The van der Waals surface area contributed by atoms with Crippen molar-refractivity contribution in [3.63, 3.8) is 0 Å². The van der Waals surface area contributed by atoms with Gasteiger partial charge in [-0.25, -0.2) is 0 Å². The average molecular weight is 404 g/mol. The maximum Gasteiger partial charge on any atom is 0.523 e. The van der Waals surface area contributed by atoms with Crippen molar-refractivity contribution in [2.24, 2.45) is 11.8 Å². The summed E-state index contributed by atoms with van der Waals surface area (Å²) in [7, 11) is -5.71. The largest absolute Gasteiger partial charge is 0.523 e. The molecule has 2 aliphatic rings. The van der Waals surface area contributed by atoms with Crippen LogP contribution in [0.4, 0.5) is 13.2 Å². The van der Waals surface area contributed by atoms with Gasteiger partial charge >= 0.3 is 15.6 Å². The van der Waals surface area contributed by atoms with E-state index in [1.54, 1.807) is 13.8 Å². The van der Waals surface area contributed by atoms with Crippen LogP contribution in [-0.4, -0.2) is 50.2 Å². The van der Waals surface area contributed by atoms with Crippen LogP contribution in [0.3, 0.4) is 0 Å². The van der Waals surface area contributed by atoms with Crippen molar-refractivity contribution in [3.8, 4) is 0 Å². The molecule has 0 radical (unpaired) electrons. The van der Waals surface area contributed by atoms with Gasteiger partial charge < -0.3 is 14.2 Å². The highest BCUT2D eigenvalue weighted by Crippen LogP contribution is 2.44. The lowest BCUT2D eigenvalue weighted by atomic mass is 9.94. The van der Waals surface area contributed by atoms with Gasteiger partial charge in [0.2, 0.25) is 0 Å². The zero-order valence-corrected chi connectivity index (χ0v) is 16.6. The van der Waals surface area contributed by atoms with E-state index in [9.17, 15) is 21.6 Å². The summed E-state index contributed by atoms with van der Waals surface area (Å²) in [6.45, 7) is 11.3. The molecule has 1 aliphatic heterocycles. The van der Waals surface area contributed by atoms with Crippen molar-refractivity contribution in [2.45, 2.75) is 83.2 Å². The van der Waals surface area contributed by atoms with E-state index < -0.39 is 45.3 Å². The van der Waals surface area contributed by atoms with Crippen LogP contribution < -0.4 is 0 Å². The minimum absolute atomic E-state index is 0.0366. The summed E-state index contributed by atoms with van der Waals surface area (Å²) in [4.78, 5) is 0. The summed E-state index contributed by atoms with van der Waals surface area (Å²) in [6, 6.07) is 0. The Balaban J connectivity index is 2.15. The molecule has 10 heteroatoms. The summed E-state index contributed by atoms with van der Waals surface area (Å²) in [6.07, 6.45) is -2.74. The molecule has 0 aromatic carbocycles. The average Bonchev–Trinajstić information content (AvgIpc) is 2.89. The van der Waals surface area contributed by atoms with E-state index in [0.29, 0.717) is 0 Å². The topological polar surface area (TPSA) is 71.1 Å². The quantitative estimate of drug-likeness (QED) is 0.500. The van der Waals surface area contributed by atoms with E-state index in [2.05, 4.69) is 4.18 Å². The van der Waals surface area contributed by atoms with Crippen molar-refractivity contribution < 1.29 is 40.0 Å². The maximum absolute atomic E-state index is 12.7. The summed E-state index contributed by atoms with van der Waals surface area (Å²) in [5.41, 5.74) is -5.92. The molecular formula is C16H27F3O6S. The Labute approximate surface area is 152 Å². The number of hydrogen-bond acceptors (Lipinski definition) is 6. The van der Waals surface area contributed by atoms with Gasteiger partial charge in [0.15, 0.2) is 5.79 Å². The van der Waals surface area contributed by atoms with Crippen LogP contribution in [0.25, 0.3) is 0 Å². The highest BCUT2D eigenvalue weighted by Gasteiger charge is 2.58. The molecule has 0 N–H and O–H groups in total. The van der Waals surface area contributed by atoms with Crippen LogP contribution in [0.15, 0.2) is 0 Å². The maximum atomic E-state index is 12.7. The summed E-state index contributed by atoms with van der Waals surface area (Å²) >= 11 is 0. The van der Waals surface area contributed by atoms with Gasteiger partial charge in [0.1, 0.15) is 12.2 Å². The van der Waals surface area contributed by atoms with Crippen LogP contribution >= 0.6 is 0 Å². The molecule has 1 saturated heterocycles. The lowest BCUT2D eigenvalue weighted by Gasteiger charge is -2.32. The predicted molar refractivity (Wildman–Crippen MR) is 86.6 cm³/mol. The van der Waals surface area contributed by atoms with Crippen LogP contribution in [0, 0.1) is 11.8 Å². The zero-order valence-electron chi connectivity index (χ0n) is 15.8.